The van der Waals surface area contributed by atoms with Crippen molar-refractivity contribution >= 4 is 11.6 Å². The zero-order valence-electron chi connectivity index (χ0n) is 13.8. The van der Waals surface area contributed by atoms with Gasteiger partial charge in [0.15, 0.2) is 0 Å². The van der Waals surface area contributed by atoms with Gasteiger partial charge in [-0.3, -0.25) is 4.79 Å². The minimum Gasteiger partial charge on any atom is -0.387 e. The van der Waals surface area contributed by atoms with Gasteiger partial charge in [0.25, 0.3) is 5.91 Å². The highest BCUT2D eigenvalue weighted by atomic mass is 19.1. The number of ether oxygens (including phenoxy) is 1. The van der Waals surface area contributed by atoms with Crippen molar-refractivity contribution in [2.45, 2.75) is 6.10 Å². The fourth-order valence-corrected chi connectivity index (χ4v) is 2.79. The number of anilines is 1. The Balaban J connectivity index is 1.61. The molecule has 1 saturated heterocycles. The molecule has 5 nitrogen and oxygen atoms in total. The number of carbonyl (C=O) groups is 1. The van der Waals surface area contributed by atoms with Gasteiger partial charge in [-0.15, -0.1) is 0 Å². The molecule has 3 rings (SSSR count). The molecule has 2 aromatic carbocycles. The van der Waals surface area contributed by atoms with E-state index >= 15 is 0 Å². The van der Waals surface area contributed by atoms with E-state index < -0.39 is 17.8 Å². The van der Waals surface area contributed by atoms with Gasteiger partial charge in [-0.2, -0.15) is 0 Å². The lowest BCUT2D eigenvalue weighted by Gasteiger charge is -2.29. The van der Waals surface area contributed by atoms with Crippen LogP contribution in [-0.2, 0) is 4.74 Å². The van der Waals surface area contributed by atoms with E-state index in [1.165, 1.54) is 6.07 Å². The summed E-state index contributed by atoms with van der Waals surface area (Å²) in [6, 6.07) is 13.5. The number of hydrogen-bond acceptors (Lipinski definition) is 4. The molecule has 1 fully saturated rings. The number of carbonyl (C=O) groups excluding carboxylic acids is 1. The van der Waals surface area contributed by atoms with Crippen LogP contribution in [0.5, 0.6) is 0 Å². The average Bonchev–Trinajstić information content (AvgIpc) is 2.67. The zero-order valence-corrected chi connectivity index (χ0v) is 13.8. The van der Waals surface area contributed by atoms with Gasteiger partial charge in [0.05, 0.1) is 25.0 Å². The van der Waals surface area contributed by atoms with E-state index in [0.29, 0.717) is 32.0 Å². The van der Waals surface area contributed by atoms with Gasteiger partial charge >= 0.3 is 0 Å². The van der Waals surface area contributed by atoms with Crippen molar-refractivity contribution in [1.29, 1.82) is 0 Å². The van der Waals surface area contributed by atoms with Crippen molar-refractivity contribution < 1.29 is 19.0 Å². The molecule has 2 aromatic rings. The quantitative estimate of drug-likeness (QED) is 0.872. The number of nitrogens with zero attached hydrogens (tertiary/aromatic N) is 1. The highest BCUT2D eigenvalue weighted by Gasteiger charge is 2.17. The monoisotopic (exact) mass is 344 g/mol. The summed E-state index contributed by atoms with van der Waals surface area (Å²) >= 11 is 0. The van der Waals surface area contributed by atoms with Crippen LogP contribution < -0.4 is 10.2 Å². The van der Waals surface area contributed by atoms with Gasteiger partial charge in [0, 0.05) is 25.2 Å². The number of halogens is 1. The van der Waals surface area contributed by atoms with Crippen LogP contribution in [-0.4, -0.2) is 43.9 Å². The van der Waals surface area contributed by atoms with Crippen LogP contribution in [0.4, 0.5) is 10.1 Å². The van der Waals surface area contributed by atoms with Crippen LogP contribution in [0.15, 0.2) is 48.5 Å². The Morgan fingerprint density at radius 1 is 1.20 bits per heavy atom. The molecule has 0 bridgehead atoms. The molecule has 0 unspecified atom stereocenters. The van der Waals surface area contributed by atoms with Crippen molar-refractivity contribution in [2.75, 3.05) is 37.7 Å². The van der Waals surface area contributed by atoms with Crippen LogP contribution >= 0.6 is 0 Å². The van der Waals surface area contributed by atoms with Gasteiger partial charge in [0.1, 0.15) is 5.82 Å². The maximum Gasteiger partial charge on any atom is 0.251 e. The first-order valence-electron chi connectivity index (χ1n) is 8.28. The Morgan fingerprint density at radius 3 is 2.60 bits per heavy atom. The lowest BCUT2D eigenvalue weighted by molar-refractivity contribution is 0.0916. The van der Waals surface area contributed by atoms with Crippen LogP contribution in [0.1, 0.15) is 22.0 Å². The number of benzene rings is 2. The molecule has 0 saturated carbocycles. The highest BCUT2D eigenvalue weighted by Crippen LogP contribution is 2.21. The van der Waals surface area contributed by atoms with Crippen LogP contribution in [0.2, 0.25) is 0 Å². The molecule has 0 spiro atoms. The SMILES string of the molecule is O=C(NC[C@H](O)c1ccccc1)c1ccc(N2CCOCC2)c(F)c1. The molecule has 0 radical (unpaired) electrons. The van der Waals surface area contributed by atoms with E-state index in [4.69, 9.17) is 4.74 Å². The molecule has 2 N–H and O–H groups in total. The van der Waals surface area contributed by atoms with E-state index in [1.807, 2.05) is 23.1 Å². The first-order valence-corrected chi connectivity index (χ1v) is 8.28. The number of aliphatic hydroxyl groups excluding tert-OH is 1. The highest BCUT2D eigenvalue weighted by molar-refractivity contribution is 5.94. The molecule has 132 valence electrons. The minimum absolute atomic E-state index is 0.0652. The molecular weight excluding hydrogens is 323 g/mol. The van der Waals surface area contributed by atoms with Crippen molar-refractivity contribution in [1.82, 2.24) is 5.32 Å². The van der Waals surface area contributed by atoms with Crippen molar-refractivity contribution in [3.8, 4) is 0 Å². The maximum atomic E-state index is 14.3. The topological polar surface area (TPSA) is 61.8 Å². The van der Waals surface area contributed by atoms with Crippen molar-refractivity contribution in [2.24, 2.45) is 0 Å². The fraction of sp³-hybridized carbons (Fsp3) is 0.316. The smallest absolute Gasteiger partial charge is 0.251 e. The Kier molecular flexibility index (Phi) is 5.63. The number of nitrogens with one attached hydrogen (secondary N) is 1. The molecule has 1 heterocycles. The first-order chi connectivity index (χ1) is 12.1. The number of amides is 1. The predicted molar refractivity (Wildman–Crippen MR) is 93.2 cm³/mol. The lowest BCUT2D eigenvalue weighted by Crippen LogP contribution is -2.36. The Bertz CT molecular complexity index is 718. The van der Waals surface area contributed by atoms with Crippen LogP contribution in [0.3, 0.4) is 0 Å². The third-order valence-electron chi connectivity index (χ3n) is 4.20. The largest absolute Gasteiger partial charge is 0.387 e. The van der Waals surface area contributed by atoms with E-state index in [-0.39, 0.29) is 12.1 Å². The maximum absolute atomic E-state index is 14.3. The summed E-state index contributed by atoms with van der Waals surface area (Å²) in [6.07, 6.45) is -0.803. The van der Waals surface area contributed by atoms with Gasteiger partial charge in [0.2, 0.25) is 0 Å². The van der Waals surface area contributed by atoms with Crippen LogP contribution in [0.25, 0.3) is 0 Å². The second-order valence-corrected chi connectivity index (χ2v) is 5.90. The molecule has 1 amide bonds. The summed E-state index contributed by atoms with van der Waals surface area (Å²) in [7, 11) is 0. The van der Waals surface area contributed by atoms with E-state index in [0.717, 1.165) is 5.56 Å². The Morgan fingerprint density at radius 2 is 1.92 bits per heavy atom. The standard InChI is InChI=1S/C19H21FN2O3/c20-16-12-15(6-7-17(16)22-8-10-25-11-9-22)19(24)21-13-18(23)14-4-2-1-3-5-14/h1-7,12,18,23H,8-11,13H2,(H,21,24)/t18-/m0/s1. The summed E-state index contributed by atoms with van der Waals surface area (Å²) in [5, 5.41) is 12.7. The van der Waals surface area contributed by atoms with E-state index in [2.05, 4.69) is 5.32 Å². The molecule has 0 aromatic heterocycles. The Hall–Kier alpha value is -2.44. The van der Waals surface area contributed by atoms with Crippen LogP contribution in [0, 0.1) is 5.82 Å². The normalized spacial score (nSPS) is 15.7. The predicted octanol–water partition coefficient (Wildman–Crippen LogP) is 2.13. The van der Waals surface area contributed by atoms with Crippen molar-refractivity contribution in [3.63, 3.8) is 0 Å². The van der Waals surface area contributed by atoms with E-state index in [1.54, 1.807) is 24.3 Å². The molecule has 0 aliphatic carbocycles. The van der Waals surface area contributed by atoms with E-state index in [9.17, 15) is 14.3 Å². The summed E-state index contributed by atoms with van der Waals surface area (Å²) in [6.45, 7) is 2.46. The number of morpholine rings is 1. The second-order valence-electron chi connectivity index (χ2n) is 5.90. The molecule has 1 aliphatic heterocycles. The summed E-state index contributed by atoms with van der Waals surface area (Å²) < 4.78 is 19.6. The molecule has 1 aliphatic rings. The molecule has 6 heteroatoms. The minimum atomic E-state index is -0.803. The Labute approximate surface area is 146 Å². The summed E-state index contributed by atoms with van der Waals surface area (Å²) in [5.74, 6) is -0.847. The van der Waals surface area contributed by atoms with Gasteiger partial charge in [-0.25, -0.2) is 4.39 Å². The molecule has 25 heavy (non-hydrogen) atoms. The molecular formula is C19H21FN2O3. The summed E-state index contributed by atoms with van der Waals surface area (Å²) in [5.41, 5.74) is 1.43. The van der Waals surface area contributed by atoms with Crippen molar-refractivity contribution in [3.05, 3.63) is 65.5 Å². The lowest BCUT2D eigenvalue weighted by atomic mass is 10.1. The average molecular weight is 344 g/mol. The van der Waals surface area contributed by atoms with Gasteiger partial charge in [-0.05, 0) is 23.8 Å². The first kappa shape index (κ1) is 17.4. The zero-order chi connectivity index (χ0) is 17.6. The van der Waals surface area contributed by atoms with Gasteiger partial charge < -0.3 is 20.1 Å². The summed E-state index contributed by atoms with van der Waals surface area (Å²) in [4.78, 5) is 14.1. The fourth-order valence-electron chi connectivity index (χ4n) is 2.79. The number of rotatable bonds is 5. The van der Waals surface area contributed by atoms with Gasteiger partial charge in [-0.1, -0.05) is 30.3 Å². The number of aliphatic hydroxyl groups is 1. The third-order valence-corrected chi connectivity index (χ3v) is 4.20. The molecule has 1 atom stereocenters. The number of hydrogen-bond donors (Lipinski definition) is 2. The second kappa shape index (κ2) is 8.09. The third kappa shape index (κ3) is 4.35.